The third-order valence-corrected chi connectivity index (χ3v) is 4.27. The Balaban J connectivity index is 1.86. The first kappa shape index (κ1) is 11.5. The number of tetrazole rings is 1. The topological polar surface area (TPSA) is 55.6 Å². The second-order valence-corrected chi connectivity index (χ2v) is 5.61. The minimum Gasteiger partial charge on any atom is -0.381 e. The highest BCUT2D eigenvalue weighted by atomic mass is 32.2. The summed E-state index contributed by atoms with van der Waals surface area (Å²) in [6.07, 6.45) is 2.86. The van der Waals surface area contributed by atoms with Crippen molar-refractivity contribution in [3.05, 3.63) is 30.1 Å². The molecule has 1 N–H and O–H groups in total. The van der Waals surface area contributed by atoms with Crippen LogP contribution >= 0.6 is 11.8 Å². The second-order valence-electron chi connectivity index (χ2n) is 4.46. The molecule has 1 aliphatic heterocycles. The minimum atomic E-state index is 0.583. The Kier molecular flexibility index (Phi) is 3.19. The molecule has 0 spiro atoms. The molecule has 0 amide bonds. The van der Waals surface area contributed by atoms with Crippen LogP contribution in [-0.4, -0.2) is 37.8 Å². The van der Waals surface area contributed by atoms with Crippen LogP contribution < -0.4 is 5.32 Å². The first-order chi connectivity index (χ1) is 8.83. The molecule has 0 radical (unpaired) electrons. The van der Waals surface area contributed by atoms with E-state index in [9.17, 15) is 0 Å². The highest BCUT2D eigenvalue weighted by molar-refractivity contribution is 7.99. The third-order valence-electron chi connectivity index (χ3n) is 3.11. The van der Waals surface area contributed by atoms with E-state index in [1.54, 1.807) is 11.0 Å². The van der Waals surface area contributed by atoms with Gasteiger partial charge >= 0.3 is 0 Å². The van der Waals surface area contributed by atoms with Crippen molar-refractivity contribution in [3.63, 3.8) is 0 Å². The Morgan fingerprint density at radius 2 is 2.39 bits per heavy atom. The smallest absolute Gasteiger partial charge is 0.143 e. The van der Waals surface area contributed by atoms with Gasteiger partial charge in [-0.2, -0.15) is 11.8 Å². The molecular weight excluding hydrogens is 246 g/mol. The molecule has 2 aromatic rings. The van der Waals surface area contributed by atoms with E-state index in [0.29, 0.717) is 6.04 Å². The zero-order valence-corrected chi connectivity index (χ0v) is 11.0. The number of nitrogens with one attached hydrogen (secondary N) is 1. The Morgan fingerprint density at radius 3 is 3.11 bits per heavy atom. The fourth-order valence-corrected chi connectivity index (χ4v) is 3.25. The van der Waals surface area contributed by atoms with Crippen molar-refractivity contribution in [2.75, 3.05) is 16.8 Å². The maximum atomic E-state index is 3.94. The van der Waals surface area contributed by atoms with E-state index in [-0.39, 0.29) is 0 Å². The van der Waals surface area contributed by atoms with E-state index in [4.69, 9.17) is 0 Å². The van der Waals surface area contributed by atoms with Crippen molar-refractivity contribution in [1.29, 1.82) is 0 Å². The number of hydrogen-bond donors (Lipinski definition) is 1. The summed E-state index contributed by atoms with van der Waals surface area (Å²) in [7, 11) is 0. The number of nitrogens with zero attached hydrogens (tertiary/aromatic N) is 4. The predicted molar refractivity (Wildman–Crippen MR) is 73.2 cm³/mol. The van der Waals surface area contributed by atoms with E-state index in [1.807, 2.05) is 11.8 Å². The van der Waals surface area contributed by atoms with Crippen molar-refractivity contribution < 1.29 is 0 Å². The molecule has 1 unspecified atom stereocenters. The van der Waals surface area contributed by atoms with Crippen molar-refractivity contribution in [2.45, 2.75) is 19.4 Å². The molecule has 0 bridgehead atoms. The van der Waals surface area contributed by atoms with Crippen molar-refractivity contribution in [1.82, 2.24) is 20.2 Å². The van der Waals surface area contributed by atoms with Crippen molar-refractivity contribution >= 4 is 17.4 Å². The van der Waals surface area contributed by atoms with Crippen LogP contribution in [0.1, 0.15) is 12.0 Å². The fraction of sp³-hybridized carbons (Fsp3) is 0.417. The molecule has 2 heterocycles. The fourth-order valence-electron chi connectivity index (χ4n) is 2.10. The van der Waals surface area contributed by atoms with Crippen LogP contribution in [0.2, 0.25) is 0 Å². The summed E-state index contributed by atoms with van der Waals surface area (Å²) in [6, 6.07) is 6.90. The molecule has 1 atom stereocenters. The molecule has 1 aliphatic rings. The van der Waals surface area contributed by atoms with E-state index in [1.165, 1.54) is 17.9 Å². The number of aryl methyl sites for hydroxylation is 1. The SMILES string of the molecule is Cc1ccc(NC2CCSC2)cc1-n1cnnn1. The van der Waals surface area contributed by atoms with Crippen LogP contribution in [0, 0.1) is 6.92 Å². The molecule has 5 nitrogen and oxygen atoms in total. The average Bonchev–Trinajstić information content (AvgIpc) is 3.04. The van der Waals surface area contributed by atoms with E-state index in [2.05, 4.69) is 46.0 Å². The van der Waals surface area contributed by atoms with E-state index in [0.717, 1.165) is 16.9 Å². The molecule has 0 aliphatic carbocycles. The summed E-state index contributed by atoms with van der Waals surface area (Å²) in [6.45, 7) is 2.06. The lowest BCUT2D eigenvalue weighted by atomic mass is 10.1. The quantitative estimate of drug-likeness (QED) is 0.914. The van der Waals surface area contributed by atoms with Gasteiger partial charge in [0.1, 0.15) is 6.33 Å². The van der Waals surface area contributed by atoms with Gasteiger partial charge in [-0.05, 0) is 47.2 Å². The van der Waals surface area contributed by atoms with Crippen LogP contribution in [0.5, 0.6) is 0 Å². The predicted octanol–water partition coefficient (Wildman–Crippen LogP) is 1.89. The van der Waals surface area contributed by atoms with Gasteiger partial charge in [0.05, 0.1) is 5.69 Å². The molecule has 1 aromatic carbocycles. The Morgan fingerprint density at radius 1 is 1.44 bits per heavy atom. The summed E-state index contributed by atoms with van der Waals surface area (Å²) in [5.74, 6) is 2.44. The van der Waals surface area contributed by atoms with Gasteiger partial charge < -0.3 is 5.32 Å². The first-order valence-corrected chi connectivity index (χ1v) is 7.17. The van der Waals surface area contributed by atoms with Gasteiger partial charge in [-0.25, -0.2) is 4.68 Å². The zero-order chi connectivity index (χ0) is 12.4. The standard InChI is InChI=1S/C12H15N5S/c1-9-2-3-10(14-11-4-5-18-7-11)6-12(9)17-8-13-15-16-17/h2-3,6,8,11,14H,4-5,7H2,1H3. The Bertz CT molecular complexity index is 519. The van der Waals surface area contributed by atoms with Gasteiger partial charge in [0.15, 0.2) is 0 Å². The maximum Gasteiger partial charge on any atom is 0.143 e. The van der Waals surface area contributed by atoms with Gasteiger partial charge in [-0.1, -0.05) is 6.07 Å². The highest BCUT2D eigenvalue weighted by Crippen LogP contribution is 2.23. The van der Waals surface area contributed by atoms with Crippen LogP contribution in [0.3, 0.4) is 0 Å². The minimum absolute atomic E-state index is 0.583. The lowest BCUT2D eigenvalue weighted by Crippen LogP contribution is -2.18. The zero-order valence-electron chi connectivity index (χ0n) is 10.2. The average molecular weight is 261 g/mol. The monoisotopic (exact) mass is 261 g/mol. The van der Waals surface area contributed by atoms with Gasteiger partial charge in [-0.15, -0.1) is 5.10 Å². The van der Waals surface area contributed by atoms with Crippen LogP contribution in [0.25, 0.3) is 5.69 Å². The van der Waals surface area contributed by atoms with Gasteiger partial charge in [0.25, 0.3) is 0 Å². The van der Waals surface area contributed by atoms with Crippen LogP contribution in [-0.2, 0) is 0 Å². The third kappa shape index (κ3) is 2.33. The summed E-state index contributed by atoms with van der Waals surface area (Å²) in [5.41, 5.74) is 3.32. The number of anilines is 1. The van der Waals surface area contributed by atoms with E-state index >= 15 is 0 Å². The molecule has 0 saturated carbocycles. The molecular formula is C12H15N5S. The van der Waals surface area contributed by atoms with Crippen LogP contribution in [0.4, 0.5) is 5.69 Å². The first-order valence-electron chi connectivity index (χ1n) is 6.01. The number of benzene rings is 1. The number of hydrogen-bond acceptors (Lipinski definition) is 5. The maximum absolute atomic E-state index is 3.94. The lowest BCUT2D eigenvalue weighted by Gasteiger charge is -2.14. The van der Waals surface area contributed by atoms with Gasteiger partial charge in [0, 0.05) is 17.5 Å². The summed E-state index contributed by atoms with van der Waals surface area (Å²) in [5, 5.41) is 14.9. The molecule has 1 fully saturated rings. The summed E-state index contributed by atoms with van der Waals surface area (Å²) < 4.78 is 1.70. The largest absolute Gasteiger partial charge is 0.381 e. The molecule has 18 heavy (non-hydrogen) atoms. The Hall–Kier alpha value is -1.56. The van der Waals surface area contributed by atoms with Crippen LogP contribution in [0.15, 0.2) is 24.5 Å². The molecule has 6 heteroatoms. The molecule has 94 valence electrons. The molecule has 3 rings (SSSR count). The number of thioether (sulfide) groups is 1. The van der Waals surface area contributed by atoms with Crippen molar-refractivity contribution in [3.8, 4) is 5.69 Å². The number of aromatic nitrogens is 4. The van der Waals surface area contributed by atoms with Crippen molar-refractivity contribution in [2.24, 2.45) is 0 Å². The lowest BCUT2D eigenvalue weighted by molar-refractivity contribution is 0.783. The number of rotatable bonds is 3. The highest BCUT2D eigenvalue weighted by Gasteiger charge is 2.15. The molecule has 1 saturated heterocycles. The van der Waals surface area contributed by atoms with Gasteiger partial charge in [-0.3, -0.25) is 0 Å². The molecule has 1 aromatic heterocycles. The second kappa shape index (κ2) is 4.97. The summed E-state index contributed by atoms with van der Waals surface area (Å²) in [4.78, 5) is 0. The summed E-state index contributed by atoms with van der Waals surface area (Å²) >= 11 is 2.01. The van der Waals surface area contributed by atoms with E-state index < -0.39 is 0 Å². The Labute approximate surface area is 110 Å². The van der Waals surface area contributed by atoms with Gasteiger partial charge in [0.2, 0.25) is 0 Å². The normalized spacial score (nSPS) is 19.1.